The highest BCUT2D eigenvalue weighted by Crippen LogP contribution is 2.27. The Labute approximate surface area is 154 Å². The monoisotopic (exact) mass is 398 g/mol. The lowest BCUT2D eigenvalue weighted by Crippen LogP contribution is -2.28. The van der Waals surface area contributed by atoms with Gasteiger partial charge in [0.15, 0.2) is 9.84 Å². The number of hydrogen-bond acceptors (Lipinski definition) is 6. The van der Waals surface area contributed by atoms with E-state index in [9.17, 15) is 13.2 Å². The Kier molecular flexibility index (Phi) is 5.12. The third-order valence-corrected chi connectivity index (χ3v) is 6.75. The Morgan fingerprint density at radius 2 is 2.12 bits per heavy atom. The van der Waals surface area contributed by atoms with Crippen LogP contribution in [0.5, 0.6) is 0 Å². The molecule has 0 bridgehead atoms. The summed E-state index contributed by atoms with van der Waals surface area (Å²) in [5.74, 6) is -0.494. The van der Waals surface area contributed by atoms with E-state index in [1.807, 2.05) is 6.07 Å². The van der Waals surface area contributed by atoms with Gasteiger partial charge in [-0.1, -0.05) is 35.8 Å². The predicted octanol–water partition coefficient (Wildman–Crippen LogP) is 3.33. The standard InChI is InChI=1S/C16H15ClN2O4S2/c1-2-25(21,22)14-6-4-3-5-10(14)18-16(20)12-9-11(19-23-12)13-7-8-15(17)24-13/h3-8,12H,2,9H2,1H3,(H,18,20)/t12-/m0/s1. The lowest BCUT2D eigenvalue weighted by Gasteiger charge is -2.13. The number of sulfone groups is 1. The largest absolute Gasteiger partial charge is 0.382 e. The topological polar surface area (TPSA) is 84.8 Å². The van der Waals surface area contributed by atoms with Gasteiger partial charge in [0.1, 0.15) is 5.71 Å². The zero-order chi connectivity index (χ0) is 18.0. The van der Waals surface area contributed by atoms with Crippen LogP contribution in [0.2, 0.25) is 4.34 Å². The lowest BCUT2D eigenvalue weighted by molar-refractivity contribution is -0.125. The number of rotatable bonds is 5. The number of carbonyl (C=O) groups is 1. The molecule has 0 unspecified atom stereocenters. The second-order valence-electron chi connectivity index (χ2n) is 5.33. The average molecular weight is 399 g/mol. The Morgan fingerprint density at radius 1 is 1.36 bits per heavy atom. The third kappa shape index (κ3) is 3.86. The molecule has 0 saturated carbocycles. The van der Waals surface area contributed by atoms with Gasteiger partial charge in [-0.15, -0.1) is 11.3 Å². The molecule has 3 rings (SSSR count). The summed E-state index contributed by atoms with van der Waals surface area (Å²) in [6, 6.07) is 9.87. The van der Waals surface area contributed by atoms with Gasteiger partial charge in [0.25, 0.3) is 5.91 Å². The summed E-state index contributed by atoms with van der Waals surface area (Å²) in [7, 11) is -3.45. The van der Waals surface area contributed by atoms with Crippen LogP contribution in [0.1, 0.15) is 18.2 Å². The SMILES string of the molecule is CCS(=O)(=O)c1ccccc1NC(=O)[C@@H]1CC(c2ccc(Cl)s2)=NO1. The number of nitrogens with zero attached hydrogens (tertiary/aromatic N) is 1. The third-order valence-electron chi connectivity index (χ3n) is 3.68. The molecule has 1 amide bonds. The Morgan fingerprint density at radius 3 is 2.80 bits per heavy atom. The molecule has 132 valence electrons. The van der Waals surface area contributed by atoms with E-state index in [1.54, 1.807) is 31.2 Å². The van der Waals surface area contributed by atoms with Crippen molar-refractivity contribution in [3.8, 4) is 0 Å². The maximum Gasteiger partial charge on any atom is 0.268 e. The van der Waals surface area contributed by atoms with Crippen molar-refractivity contribution in [2.75, 3.05) is 11.1 Å². The van der Waals surface area contributed by atoms with Crippen molar-refractivity contribution < 1.29 is 18.0 Å². The second-order valence-corrected chi connectivity index (χ2v) is 9.29. The van der Waals surface area contributed by atoms with E-state index in [-0.39, 0.29) is 16.3 Å². The van der Waals surface area contributed by atoms with Crippen LogP contribution >= 0.6 is 22.9 Å². The molecule has 6 nitrogen and oxygen atoms in total. The van der Waals surface area contributed by atoms with Gasteiger partial charge in [-0.3, -0.25) is 4.79 Å². The van der Waals surface area contributed by atoms with Gasteiger partial charge in [-0.2, -0.15) is 0 Å². The summed E-state index contributed by atoms with van der Waals surface area (Å²) in [5.41, 5.74) is 0.886. The van der Waals surface area contributed by atoms with Crippen LogP contribution in [-0.2, 0) is 19.5 Å². The first kappa shape index (κ1) is 17.9. The number of para-hydroxylation sites is 1. The van der Waals surface area contributed by atoms with Crippen molar-refractivity contribution in [3.05, 3.63) is 45.6 Å². The number of amides is 1. The van der Waals surface area contributed by atoms with Gasteiger partial charge in [0.2, 0.25) is 6.10 Å². The van der Waals surface area contributed by atoms with E-state index in [4.69, 9.17) is 16.4 Å². The molecule has 0 spiro atoms. The predicted molar refractivity (Wildman–Crippen MR) is 98.2 cm³/mol. The van der Waals surface area contributed by atoms with E-state index >= 15 is 0 Å². The summed E-state index contributed by atoms with van der Waals surface area (Å²) < 4.78 is 24.9. The highest BCUT2D eigenvalue weighted by atomic mass is 35.5. The Hall–Kier alpha value is -1.90. The summed E-state index contributed by atoms with van der Waals surface area (Å²) >= 11 is 7.26. The van der Waals surface area contributed by atoms with E-state index in [0.717, 1.165) is 4.88 Å². The molecule has 2 aromatic rings. The smallest absolute Gasteiger partial charge is 0.268 e. The average Bonchev–Trinajstić information content (AvgIpc) is 3.24. The quantitative estimate of drug-likeness (QED) is 0.837. The molecular weight excluding hydrogens is 384 g/mol. The number of thiophene rings is 1. The molecule has 1 atom stereocenters. The number of benzene rings is 1. The second kappa shape index (κ2) is 7.15. The molecule has 2 heterocycles. The number of carbonyl (C=O) groups excluding carboxylic acids is 1. The highest BCUT2D eigenvalue weighted by Gasteiger charge is 2.30. The number of nitrogens with one attached hydrogen (secondary N) is 1. The molecule has 1 aliphatic rings. The molecular formula is C16H15ClN2O4S2. The van der Waals surface area contributed by atoms with E-state index < -0.39 is 21.8 Å². The molecule has 1 N–H and O–H groups in total. The van der Waals surface area contributed by atoms with Crippen LogP contribution in [0, 0.1) is 0 Å². The first-order valence-electron chi connectivity index (χ1n) is 7.51. The van der Waals surface area contributed by atoms with Crippen molar-refractivity contribution in [3.63, 3.8) is 0 Å². The van der Waals surface area contributed by atoms with E-state index in [0.29, 0.717) is 16.5 Å². The van der Waals surface area contributed by atoms with Crippen molar-refractivity contribution in [2.24, 2.45) is 5.16 Å². The number of oxime groups is 1. The maximum absolute atomic E-state index is 12.4. The van der Waals surface area contributed by atoms with Gasteiger partial charge >= 0.3 is 0 Å². The fourth-order valence-electron chi connectivity index (χ4n) is 2.34. The van der Waals surface area contributed by atoms with Gasteiger partial charge in [0.05, 0.1) is 25.5 Å². The Bertz CT molecular complexity index is 937. The van der Waals surface area contributed by atoms with Crippen molar-refractivity contribution >= 4 is 50.1 Å². The van der Waals surface area contributed by atoms with Crippen LogP contribution in [0.15, 0.2) is 46.4 Å². The zero-order valence-electron chi connectivity index (χ0n) is 13.2. The van der Waals surface area contributed by atoms with Gasteiger partial charge < -0.3 is 10.2 Å². The van der Waals surface area contributed by atoms with Crippen molar-refractivity contribution in [2.45, 2.75) is 24.3 Å². The van der Waals surface area contributed by atoms with Crippen molar-refractivity contribution in [1.29, 1.82) is 0 Å². The molecule has 1 aromatic heterocycles. The molecule has 25 heavy (non-hydrogen) atoms. The van der Waals surface area contributed by atoms with Crippen molar-refractivity contribution in [1.82, 2.24) is 0 Å². The van der Waals surface area contributed by atoms with E-state index in [1.165, 1.54) is 17.4 Å². The number of hydrogen-bond donors (Lipinski definition) is 1. The van der Waals surface area contributed by atoms with E-state index in [2.05, 4.69) is 10.5 Å². The molecule has 9 heteroatoms. The molecule has 0 radical (unpaired) electrons. The van der Waals surface area contributed by atoms with Crippen LogP contribution in [0.25, 0.3) is 0 Å². The zero-order valence-corrected chi connectivity index (χ0v) is 15.6. The van der Waals surface area contributed by atoms with Crippen LogP contribution in [-0.4, -0.2) is 31.9 Å². The first-order chi connectivity index (χ1) is 11.9. The minimum absolute atomic E-state index is 0.0494. The van der Waals surface area contributed by atoms with Gasteiger partial charge in [-0.05, 0) is 24.3 Å². The number of anilines is 1. The van der Waals surface area contributed by atoms with Gasteiger partial charge in [-0.25, -0.2) is 8.42 Å². The van der Waals surface area contributed by atoms with Crippen LogP contribution in [0.4, 0.5) is 5.69 Å². The molecule has 0 aliphatic carbocycles. The lowest BCUT2D eigenvalue weighted by atomic mass is 10.1. The Balaban J connectivity index is 1.73. The molecule has 1 aliphatic heterocycles. The van der Waals surface area contributed by atoms with Gasteiger partial charge in [0, 0.05) is 6.42 Å². The normalized spacial score (nSPS) is 17.0. The number of halogens is 1. The first-order valence-corrected chi connectivity index (χ1v) is 10.4. The minimum atomic E-state index is -3.45. The fraction of sp³-hybridized carbons (Fsp3) is 0.250. The molecule has 0 fully saturated rings. The molecule has 0 saturated heterocycles. The highest BCUT2D eigenvalue weighted by molar-refractivity contribution is 7.91. The molecule has 1 aromatic carbocycles. The fourth-order valence-corrected chi connectivity index (χ4v) is 4.43. The summed E-state index contributed by atoms with van der Waals surface area (Å²) in [6.07, 6.45) is -0.515. The van der Waals surface area contributed by atoms with Crippen LogP contribution in [0.3, 0.4) is 0 Å². The summed E-state index contributed by atoms with van der Waals surface area (Å²) in [4.78, 5) is 18.6. The maximum atomic E-state index is 12.4. The summed E-state index contributed by atoms with van der Waals surface area (Å²) in [5, 5.41) is 6.57. The minimum Gasteiger partial charge on any atom is -0.382 e. The summed E-state index contributed by atoms with van der Waals surface area (Å²) in [6.45, 7) is 1.56. The van der Waals surface area contributed by atoms with Crippen LogP contribution < -0.4 is 5.32 Å².